The van der Waals surface area contributed by atoms with E-state index >= 15 is 4.39 Å². The summed E-state index contributed by atoms with van der Waals surface area (Å²) in [6, 6.07) is 14.6. The van der Waals surface area contributed by atoms with Crippen LogP contribution in [0.3, 0.4) is 0 Å². The van der Waals surface area contributed by atoms with Gasteiger partial charge in [0.05, 0.1) is 7.11 Å². The van der Waals surface area contributed by atoms with E-state index in [0.717, 1.165) is 0 Å². The third-order valence-corrected chi connectivity index (χ3v) is 8.44. The van der Waals surface area contributed by atoms with Gasteiger partial charge in [-0.15, -0.1) is 0 Å². The van der Waals surface area contributed by atoms with Crippen LogP contribution >= 0.6 is 0 Å². The molecular formula is C36H41FN6O7. The minimum Gasteiger partial charge on any atom is -0.493 e. The molecule has 3 heterocycles. The van der Waals surface area contributed by atoms with Crippen LogP contribution in [-0.2, 0) is 16.1 Å². The van der Waals surface area contributed by atoms with Crippen LogP contribution in [-0.4, -0.2) is 80.4 Å². The number of hydrogen-bond donors (Lipinski definition) is 4. The fourth-order valence-electron chi connectivity index (χ4n) is 5.71. The van der Waals surface area contributed by atoms with Crippen LogP contribution in [0.5, 0.6) is 17.2 Å². The van der Waals surface area contributed by atoms with Gasteiger partial charge in [-0.25, -0.2) is 9.18 Å². The molecule has 14 heteroatoms. The number of ether oxygens (including phenoxy) is 2. The predicted molar refractivity (Wildman–Crippen MR) is 183 cm³/mol. The molecule has 0 unspecified atom stereocenters. The molecule has 264 valence electrons. The molecular weight excluding hydrogens is 647 g/mol. The van der Waals surface area contributed by atoms with Crippen molar-refractivity contribution in [2.24, 2.45) is 0 Å². The van der Waals surface area contributed by atoms with Crippen molar-refractivity contribution >= 4 is 35.3 Å². The third kappa shape index (κ3) is 8.87. The van der Waals surface area contributed by atoms with E-state index in [-0.39, 0.29) is 67.5 Å². The van der Waals surface area contributed by atoms with E-state index in [4.69, 9.17) is 9.47 Å². The van der Waals surface area contributed by atoms with Gasteiger partial charge in [0.1, 0.15) is 6.04 Å². The van der Waals surface area contributed by atoms with Crippen molar-refractivity contribution in [1.29, 1.82) is 0 Å². The molecule has 3 aromatic carbocycles. The smallest absolute Gasteiger partial charge is 0.321 e. The molecule has 6 rings (SSSR count). The van der Waals surface area contributed by atoms with Crippen LogP contribution in [0, 0.1) is 5.82 Å². The van der Waals surface area contributed by atoms with Crippen LogP contribution in [0.25, 0.3) is 0 Å². The van der Waals surface area contributed by atoms with Gasteiger partial charge in [0, 0.05) is 62.5 Å². The molecule has 0 saturated carbocycles. The molecule has 13 nitrogen and oxygen atoms in total. The first-order chi connectivity index (χ1) is 24.2. The predicted octanol–water partition coefficient (Wildman–Crippen LogP) is 3.72. The van der Waals surface area contributed by atoms with Crippen LogP contribution < -0.4 is 35.6 Å². The van der Waals surface area contributed by atoms with Crippen molar-refractivity contribution in [3.05, 3.63) is 83.2 Å². The van der Waals surface area contributed by atoms with Gasteiger partial charge in [-0.3, -0.25) is 24.1 Å². The maximum Gasteiger partial charge on any atom is 0.321 e. The Morgan fingerprint density at radius 2 is 1.74 bits per heavy atom. The highest BCUT2D eigenvalue weighted by molar-refractivity contribution is 5.98. The zero-order valence-corrected chi connectivity index (χ0v) is 28.1. The van der Waals surface area contributed by atoms with Gasteiger partial charge in [-0.1, -0.05) is 19.1 Å². The van der Waals surface area contributed by atoms with Crippen molar-refractivity contribution in [3.63, 3.8) is 0 Å². The summed E-state index contributed by atoms with van der Waals surface area (Å²) < 4.78 is 26.3. The highest BCUT2D eigenvalue weighted by Crippen LogP contribution is 2.34. The first-order valence-electron chi connectivity index (χ1n) is 16.6. The summed E-state index contributed by atoms with van der Waals surface area (Å²) >= 11 is 0. The minimum atomic E-state index is -0.803. The third-order valence-electron chi connectivity index (χ3n) is 8.44. The molecule has 0 aromatic heterocycles. The summed E-state index contributed by atoms with van der Waals surface area (Å²) in [4.78, 5) is 68.1. The molecule has 0 spiro atoms. The molecule has 1 saturated heterocycles. The number of carbonyl (C=O) groups is 5. The zero-order valence-electron chi connectivity index (χ0n) is 28.1. The van der Waals surface area contributed by atoms with Crippen LogP contribution in [0.2, 0.25) is 0 Å². The highest BCUT2D eigenvalue weighted by Gasteiger charge is 2.24. The number of carbonyl (C=O) groups excluding carboxylic acids is 5. The summed E-state index contributed by atoms with van der Waals surface area (Å²) in [7, 11) is 1.43. The SMILES string of the molecule is CC[C@@H]1NC(=O)CCCN(C(=O)c2cccc(N3CCNC3=O)c2)CCCNC(=O)c2ccc(OC)c(c2)Oc2ccc(cc2F)CNC1=O. The Kier molecular flexibility index (Phi) is 11.9. The molecule has 50 heavy (non-hydrogen) atoms. The lowest BCUT2D eigenvalue weighted by atomic mass is 10.1. The van der Waals surface area contributed by atoms with Gasteiger partial charge < -0.3 is 35.6 Å². The van der Waals surface area contributed by atoms with Crippen LogP contribution in [0.15, 0.2) is 60.7 Å². The van der Waals surface area contributed by atoms with Gasteiger partial charge >= 0.3 is 6.03 Å². The van der Waals surface area contributed by atoms with E-state index < -0.39 is 23.7 Å². The number of methoxy groups -OCH3 is 1. The quantitative estimate of drug-likeness (QED) is 0.325. The van der Waals surface area contributed by atoms with Crippen molar-refractivity contribution in [2.75, 3.05) is 44.7 Å². The molecule has 3 aromatic rings. The number of urea groups is 1. The Labute approximate surface area is 289 Å². The molecule has 0 aliphatic carbocycles. The van der Waals surface area contributed by atoms with Gasteiger partial charge in [0.15, 0.2) is 23.1 Å². The number of hydrogen-bond acceptors (Lipinski definition) is 7. The van der Waals surface area contributed by atoms with E-state index in [2.05, 4.69) is 21.3 Å². The fourth-order valence-corrected chi connectivity index (χ4v) is 5.71. The monoisotopic (exact) mass is 688 g/mol. The van der Waals surface area contributed by atoms with Crippen molar-refractivity contribution in [2.45, 2.75) is 45.2 Å². The molecule has 1 fully saturated rings. The second-order valence-electron chi connectivity index (χ2n) is 11.9. The number of anilines is 1. The largest absolute Gasteiger partial charge is 0.493 e. The Bertz CT molecular complexity index is 1750. The summed E-state index contributed by atoms with van der Waals surface area (Å²) in [6.07, 6.45) is 1.11. The Morgan fingerprint density at radius 1 is 0.920 bits per heavy atom. The topological polar surface area (TPSA) is 158 Å². The molecule has 6 amide bonds. The summed E-state index contributed by atoms with van der Waals surface area (Å²) in [5.41, 5.74) is 1.71. The summed E-state index contributed by atoms with van der Waals surface area (Å²) in [5, 5.41) is 11.1. The van der Waals surface area contributed by atoms with E-state index in [1.54, 1.807) is 59.2 Å². The number of fused-ring (bicyclic) bond motifs is 16. The molecule has 3 aliphatic rings. The van der Waals surface area contributed by atoms with Crippen LogP contribution in [0.4, 0.5) is 14.9 Å². The molecule has 4 N–H and O–H groups in total. The van der Waals surface area contributed by atoms with Gasteiger partial charge in [0.25, 0.3) is 11.8 Å². The average Bonchev–Trinajstić information content (AvgIpc) is 3.56. The fraction of sp³-hybridized carbons (Fsp3) is 0.361. The molecule has 3 aliphatic heterocycles. The number of benzene rings is 3. The first kappa shape index (κ1) is 35.6. The van der Waals surface area contributed by atoms with E-state index in [9.17, 15) is 24.0 Å². The molecule has 1 atom stereocenters. The number of rotatable bonds is 4. The summed E-state index contributed by atoms with van der Waals surface area (Å²) in [5.74, 6) is -1.82. The maximum absolute atomic E-state index is 15.1. The van der Waals surface area contributed by atoms with Crippen molar-refractivity contribution in [3.8, 4) is 17.2 Å². The number of nitrogens with zero attached hydrogens (tertiary/aromatic N) is 2. The van der Waals surface area contributed by atoms with E-state index in [1.165, 1.54) is 25.3 Å². The number of halogens is 1. The minimum absolute atomic E-state index is 0.0160. The number of nitrogens with one attached hydrogen (secondary N) is 4. The lowest BCUT2D eigenvalue weighted by Crippen LogP contribution is -2.46. The lowest BCUT2D eigenvalue weighted by Gasteiger charge is -2.24. The number of amides is 6. The molecule has 0 radical (unpaired) electrons. The lowest BCUT2D eigenvalue weighted by molar-refractivity contribution is -0.129. The normalized spacial score (nSPS) is 18.0. The average molecular weight is 689 g/mol. The maximum atomic E-state index is 15.1. The standard InChI is InChI=1S/C36H41FN6O7/c1-3-28-34(46)40-22-23-10-12-29(27(37)19-23)50-31-21-24(11-13-30(31)49-2)33(45)38-14-6-17-42(16-5-9-32(44)41-28)35(47)25-7-4-8-26(20-25)43-18-15-39-36(43)48/h4,7-8,10-13,19-21,28H,3,5-6,9,14-18,22H2,1-2H3,(H,38,45)(H,39,48)(H,40,46)(H,41,44)/t28-/m0/s1. The molecule has 4 bridgehead atoms. The van der Waals surface area contributed by atoms with Crippen molar-refractivity contribution < 1.29 is 37.8 Å². The van der Waals surface area contributed by atoms with Crippen LogP contribution in [0.1, 0.15) is 58.9 Å². The van der Waals surface area contributed by atoms with Gasteiger partial charge in [-0.05, 0) is 73.4 Å². The van der Waals surface area contributed by atoms with Gasteiger partial charge in [-0.2, -0.15) is 0 Å². The zero-order chi connectivity index (χ0) is 35.6. The van der Waals surface area contributed by atoms with E-state index in [0.29, 0.717) is 54.9 Å². The summed E-state index contributed by atoms with van der Waals surface area (Å²) in [6.45, 7) is 3.50. The second-order valence-corrected chi connectivity index (χ2v) is 11.9. The Balaban J connectivity index is 1.36. The first-order valence-corrected chi connectivity index (χ1v) is 16.6. The Morgan fingerprint density at radius 3 is 2.48 bits per heavy atom. The Hall–Kier alpha value is -5.66. The van der Waals surface area contributed by atoms with E-state index in [1.807, 2.05) is 0 Å². The van der Waals surface area contributed by atoms with Crippen molar-refractivity contribution in [1.82, 2.24) is 26.2 Å². The van der Waals surface area contributed by atoms with Gasteiger partial charge in [0.2, 0.25) is 11.8 Å². The highest BCUT2D eigenvalue weighted by atomic mass is 19.1. The second kappa shape index (κ2) is 16.6.